The van der Waals surface area contributed by atoms with Gasteiger partial charge in [0.2, 0.25) is 0 Å². The Morgan fingerprint density at radius 2 is 2.32 bits per heavy atom. The van der Waals surface area contributed by atoms with E-state index in [2.05, 4.69) is 5.10 Å². The van der Waals surface area contributed by atoms with E-state index < -0.39 is 11.8 Å². The fraction of sp³-hybridized carbons (Fsp3) is 0.167. The van der Waals surface area contributed by atoms with Gasteiger partial charge in [-0.25, -0.2) is 9.18 Å². The van der Waals surface area contributed by atoms with Crippen molar-refractivity contribution >= 4 is 23.4 Å². The normalized spacial score (nSPS) is 10.6. The molecule has 19 heavy (non-hydrogen) atoms. The molecular weight excluding hydrogens is 269 g/mol. The number of thioether (sulfide) groups is 1. The van der Waals surface area contributed by atoms with Crippen molar-refractivity contribution < 1.29 is 14.3 Å². The molecule has 0 fully saturated rings. The maximum absolute atomic E-state index is 13.6. The van der Waals surface area contributed by atoms with E-state index in [-0.39, 0.29) is 5.56 Å². The first-order chi connectivity index (χ1) is 8.99. The Labute approximate surface area is 113 Å². The summed E-state index contributed by atoms with van der Waals surface area (Å²) in [6.45, 7) is 0. The third-order valence-corrected chi connectivity index (χ3v) is 3.67. The van der Waals surface area contributed by atoms with Gasteiger partial charge in [0.15, 0.2) is 0 Å². The Bertz CT molecular complexity index is 627. The third-order valence-electron chi connectivity index (χ3n) is 2.61. The van der Waals surface area contributed by atoms with Crippen LogP contribution in [0.4, 0.5) is 10.1 Å². The summed E-state index contributed by atoms with van der Waals surface area (Å²) in [4.78, 5) is 11.4. The number of anilines is 1. The molecule has 0 aliphatic rings. The number of hydrogen-bond donors (Lipinski definition) is 2. The molecule has 0 unspecified atom stereocenters. The highest BCUT2D eigenvalue weighted by Crippen LogP contribution is 2.27. The maximum atomic E-state index is 13.6. The van der Waals surface area contributed by atoms with E-state index in [1.54, 1.807) is 19.2 Å². The Hall–Kier alpha value is -2.02. The Kier molecular flexibility index (Phi) is 3.75. The van der Waals surface area contributed by atoms with Crippen LogP contribution in [-0.4, -0.2) is 20.9 Å². The number of nitrogens with zero attached hydrogens (tertiary/aromatic N) is 2. The fourth-order valence-corrected chi connectivity index (χ4v) is 2.59. The predicted octanol–water partition coefficient (Wildman–Crippen LogP) is 2.13. The van der Waals surface area contributed by atoms with Crippen LogP contribution in [0.3, 0.4) is 0 Å². The van der Waals surface area contributed by atoms with Crippen LogP contribution in [0, 0.1) is 5.82 Å². The van der Waals surface area contributed by atoms with E-state index in [9.17, 15) is 9.18 Å². The van der Waals surface area contributed by atoms with Crippen LogP contribution in [0.25, 0.3) is 0 Å². The van der Waals surface area contributed by atoms with E-state index >= 15 is 0 Å². The summed E-state index contributed by atoms with van der Waals surface area (Å²) in [6, 6.07) is 4.42. The first-order valence-electron chi connectivity index (χ1n) is 5.41. The fourth-order valence-electron chi connectivity index (χ4n) is 1.59. The van der Waals surface area contributed by atoms with Crippen LogP contribution in [0.15, 0.2) is 29.3 Å². The lowest BCUT2D eigenvalue weighted by Gasteiger charge is -2.06. The molecule has 0 saturated carbocycles. The van der Waals surface area contributed by atoms with Crippen molar-refractivity contribution in [1.29, 1.82) is 0 Å². The van der Waals surface area contributed by atoms with Crippen LogP contribution in [0.2, 0.25) is 0 Å². The molecule has 1 aromatic heterocycles. The number of benzene rings is 1. The summed E-state index contributed by atoms with van der Waals surface area (Å²) in [7, 11) is 1.65. The van der Waals surface area contributed by atoms with Crippen molar-refractivity contribution in [2.45, 2.75) is 10.6 Å². The van der Waals surface area contributed by atoms with Gasteiger partial charge in [-0.15, -0.1) is 11.8 Å². The minimum absolute atomic E-state index is 0.130. The van der Waals surface area contributed by atoms with Crippen molar-refractivity contribution in [1.82, 2.24) is 9.78 Å². The molecule has 0 aliphatic heterocycles. The molecule has 1 aromatic carbocycles. The number of rotatable bonds is 4. The van der Waals surface area contributed by atoms with E-state index in [4.69, 9.17) is 10.8 Å². The largest absolute Gasteiger partial charge is 0.478 e. The van der Waals surface area contributed by atoms with Crippen molar-refractivity contribution in [3.05, 3.63) is 41.5 Å². The SMILES string of the molecule is Cn1ncc(C(=O)O)c1CSc1ccc(N)cc1F. The molecule has 0 amide bonds. The quantitative estimate of drug-likeness (QED) is 0.663. The number of aryl methyl sites for hydroxylation is 1. The van der Waals surface area contributed by atoms with Crippen LogP contribution < -0.4 is 5.73 Å². The number of aromatic nitrogens is 2. The van der Waals surface area contributed by atoms with Gasteiger partial charge in [-0.05, 0) is 18.2 Å². The van der Waals surface area contributed by atoms with Gasteiger partial charge in [0.05, 0.1) is 11.9 Å². The zero-order valence-corrected chi connectivity index (χ0v) is 10.9. The highest BCUT2D eigenvalue weighted by atomic mass is 32.2. The standard InChI is InChI=1S/C12H12FN3O2S/c1-16-10(8(5-15-16)12(17)18)6-19-11-3-2-7(14)4-9(11)13/h2-5H,6,14H2,1H3,(H,17,18). The van der Waals surface area contributed by atoms with Gasteiger partial charge < -0.3 is 10.8 Å². The number of carboxylic acids is 1. The molecule has 0 atom stereocenters. The maximum Gasteiger partial charge on any atom is 0.339 e. The predicted molar refractivity (Wildman–Crippen MR) is 70.5 cm³/mol. The van der Waals surface area contributed by atoms with E-state index in [0.29, 0.717) is 22.0 Å². The lowest BCUT2D eigenvalue weighted by Crippen LogP contribution is -2.03. The van der Waals surface area contributed by atoms with Gasteiger partial charge in [0, 0.05) is 23.4 Å². The second-order valence-corrected chi connectivity index (χ2v) is 4.93. The molecule has 2 rings (SSSR count). The molecule has 7 heteroatoms. The van der Waals surface area contributed by atoms with E-state index in [1.165, 1.54) is 28.7 Å². The summed E-state index contributed by atoms with van der Waals surface area (Å²) >= 11 is 1.20. The minimum atomic E-state index is -1.04. The lowest BCUT2D eigenvalue weighted by molar-refractivity contribution is 0.0696. The number of carboxylic acid groups (broad SMARTS) is 1. The van der Waals surface area contributed by atoms with Crippen LogP contribution in [0.1, 0.15) is 16.1 Å². The summed E-state index contributed by atoms with van der Waals surface area (Å²) in [6.07, 6.45) is 1.29. The second kappa shape index (κ2) is 5.31. The molecule has 100 valence electrons. The molecule has 0 aliphatic carbocycles. The highest BCUT2D eigenvalue weighted by Gasteiger charge is 2.15. The van der Waals surface area contributed by atoms with Gasteiger partial charge in [-0.3, -0.25) is 4.68 Å². The first-order valence-corrected chi connectivity index (χ1v) is 6.39. The minimum Gasteiger partial charge on any atom is -0.478 e. The number of aromatic carboxylic acids is 1. The van der Waals surface area contributed by atoms with Gasteiger partial charge in [0.25, 0.3) is 0 Å². The number of hydrogen-bond acceptors (Lipinski definition) is 4. The smallest absolute Gasteiger partial charge is 0.339 e. The molecule has 1 heterocycles. The monoisotopic (exact) mass is 281 g/mol. The van der Waals surface area contributed by atoms with Crippen LogP contribution in [-0.2, 0) is 12.8 Å². The Balaban J connectivity index is 2.19. The summed E-state index contributed by atoms with van der Waals surface area (Å²) in [5.74, 6) is -1.13. The Morgan fingerprint density at radius 1 is 1.58 bits per heavy atom. The van der Waals surface area contributed by atoms with Gasteiger partial charge >= 0.3 is 5.97 Å². The number of carbonyl (C=O) groups is 1. The van der Waals surface area contributed by atoms with Crippen molar-refractivity contribution in [2.24, 2.45) is 7.05 Å². The molecule has 0 radical (unpaired) electrons. The number of halogens is 1. The van der Waals surface area contributed by atoms with Gasteiger partial charge in [-0.1, -0.05) is 0 Å². The first kappa shape index (κ1) is 13.4. The van der Waals surface area contributed by atoms with Crippen LogP contribution >= 0.6 is 11.8 Å². The molecule has 0 saturated heterocycles. The highest BCUT2D eigenvalue weighted by molar-refractivity contribution is 7.98. The zero-order chi connectivity index (χ0) is 14.0. The van der Waals surface area contributed by atoms with Crippen molar-refractivity contribution in [3.8, 4) is 0 Å². The number of nitrogens with two attached hydrogens (primary N) is 1. The molecular formula is C12H12FN3O2S. The van der Waals surface area contributed by atoms with E-state index in [1.807, 2.05) is 0 Å². The second-order valence-electron chi connectivity index (χ2n) is 3.91. The van der Waals surface area contributed by atoms with Crippen LogP contribution in [0.5, 0.6) is 0 Å². The molecule has 3 N–H and O–H groups in total. The van der Waals surface area contributed by atoms with Crippen molar-refractivity contribution in [3.63, 3.8) is 0 Å². The molecule has 5 nitrogen and oxygen atoms in total. The molecule has 0 bridgehead atoms. The summed E-state index contributed by atoms with van der Waals surface area (Å²) in [5, 5.41) is 12.9. The van der Waals surface area contributed by atoms with Gasteiger partial charge in [-0.2, -0.15) is 5.10 Å². The summed E-state index contributed by atoms with van der Waals surface area (Å²) < 4.78 is 15.1. The molecule has 2 aromatic rings. The Morgan fingerprint density at radius 3 is 2.95 bits per heavy atom. The van der Waals surface area contributed by atoms with E-state index in [0.717, 1.165) is 0 Å². The third kappa shape index (κ3) is 2.87. The summed E-state index contributed by atoms with van der Waals surface area (Å²) in [5.41, 5.74) is 6.49. The topological polar surface area (TPSA) is 81.1 Å². The molecule has 0 spiro atoms. The lowest BCUT2D eigenvalue weighted by atomic mass is 10.3. The van der Waals surface area contributed by atoms with Crippen molar-refractivity contribution in [2.75, 3.05) is 5.73 Å². The average molecular weight is 281 g/mol. The van der Waals surface area contributed by atoms with Gasteiger partial charge in [0.1, 0.15) is 11.4 Å². The number of nitrogen functional groups attached to an aromatic ring is 1. The zero-order valence-electron chi connectivity index (χ0n) is 10.1. The average Bonchev–Trinajstić information content (AvgIpc) is 2.70.